The van der Waals surface area contributed by atoms with Crippen LogP contribution in [0.25, 0.3) is 10.8 Å². The average Bonchev–Trinajstić information content (AvgIpc) is 3.09. The molecule has 1 saturated heterocycles. The van der Waals surface area contributed by atoms with E-state index in [2.05, 4.69) is 21.0 Å². The van der Waals surface area contributed by atoms with Gasteiger partial charge in [0.15, 0.2) is 10.8 Å². The van der Waals surface area contributed by atoms with Crippen molar-refractivity contribution in [3.63, 3.8) is 0 Å². The first-order valence-corrected chi connectivity index (χ1v) is 6.72. The quantitative estimate of drug-likeness (QED) is 0.868. The second kappa shape index (κ2) is 5.00. The predicted octanol–water partition coefficient (Wildman–Crippen LogP) is 1.85. The molecule has 3 rings (SSSR count). The third-order valence-corrected chi connectivity index (χ3v) is 3.82. The minimum atomic E-state index is 0.587. The Labute approximate surface area is 104 Å². The van der Waals surface area contributed by atoms with Crippen LogP contribution in [0.1, 0.15) is 12.1 Å². The maximum Gasteiger partial charge on any atom is 0.162 e. The molecule has 1 aliphatic rings. The van der Waals surface area contributed by atoms with E-state index in [1.54, 1.807) is 17.6 Å². The fraction of sp³-hybridized carbons (Fsp3) is 0.417. The van der Waals surface area contributed by atoms with Crippen LogP contribution in [-0.2, 0) is 6.54 Å². The summed E-state index contributed by atoms with van der Waals surface area (Å²) >= 11 is 1.63. The van der Waals surface area contributed by atoms with Gasteiger partial charge in [0.1, 0.15) is 0 Å². The standard InChI is InChI=1S/C12H15N3OS/c1-2-11(16-5-1)12-15-10(8-17-12)7-14-9-3-4-13-6-9/h1-2,5,8-9,13-14H,3-4,6-7H2. The Bertz CT molecular complexity index is 460. The van der Waals surface area contributed by atoms with E-state index < -0.39 is 0 Å². The van der Waals surface area contributed by atoms with Crippen LogP contribution < -0.4 is 10.6 Å². The summed E-state index contributed by atoms with van der Waals surface area (Å²) in [7, 11) is 0. The second-order valence-electron chi connectivity index (χ2n) is 4.19. The van der Waals surface area contributed by atoms with Crippen LogP contribution in [-0.4, -0.2) is 24.1 Å². The fourth-order valence-corrected chi connectivity index (χ4v) is 2.77. The zero-order valence-electron chi connectivity index (χ0n) is 9.48. The molecule has 0 amide bonds. The highest BCUT2D eigenvalue weighted by molar-refractivity contribution is 7.13. The summed E-state index contributed by atoms with van der Waals surface area (Å²) in [5, 5.41) is 9.89. The van der Waals surface area contributed by atoms with Gasteiger partial charge >= 0.3 is 0 Å². The van der Waals surface area contributed by atoms with Crippen molar-refractivity contribution in [3.8, 4) is 10.8 Å². The van der Waals surface area contributed by atoms with Crippen LogP contribution in [0, 0.1) is 0 Å². The van der Waals surface area contributed by atoms with Crippen LogP contribution >= 0.6 is 11.3 Å². The normalized spacial score (nSPS) is 19.9. The smallest absolute Gasteiger partial charge is 0.162 e. The monoisotopic (exact) mass is 249 g/mol. The van der Waals surface area contributed by atoms with Gasteiger partial charge < -0.3 is 15.1 Å². The Morgan fingerprint density at radius 2 is 2.59 bits per heavy atom. The van der Waals surface area contributed by atoms with Gasteiger partial charge in [-0.15, -0.1) is 11.3 Å². The highest BCUT2D eigenvalue weighted by Gasteiger charge is 2.14. The van der Waals surface area contributed by atoms with E-state index in [0.29, 0.717) is 6.04 Å². The van der Waals surface area contributed by atoms with Crippen molar-refractivity contribution in [3.05, 3.63) is 29.5 Å². The molecule has 0 radical (unpaired) electrons. The number of hydrogen-bond donors (Lipinski definition) is 2. The van der Waals surface area contributed by atoms with Crippen molar-refractivity contribution in [1.82, 2.24) is 15.6 Å². The van der Waals surface area contributed by atoms with Crippen LogP contribution in [0.4, 0.5) is 0 Å². The number of hydrogen-bond acceptors (Lipinski definition) is 5. The molecule has 1 unspecified atom stereocenters. The van der Waals surface area contributed by atoms with E-state index >= 15 is 0 Å². The molecule has 1 fully saturated rings. The number of furan rings is 1. The van der Waals surface area contributed by atoms with Crippen molar-refractivity contribution < 1.29 is 4.42 Å². The molecule has 2 aromatic rings. The van der Waals surface area contributed by atoms with Crippen molar-refractivity contribution in [1.29, 1.82) is 0 Å². The second-order valence-corrected chi connectivity index (χ2v) is 5.05. The topological polar surface area (TPSA) is 50.1 Å². The Hall–Kier alpha value is -1.17. The lowest BCUT2D eigenvalue weighted by Gasteiger charge is -2.08. The lowest BCUT2D eigenvalue weighted by atomic mass is 10.2. The van der Waals surface area contributed by atoms with Gasteiger partial charge in [-0.2, -0.15) is 0 Å². The van der Waals surface area contributed by atoms with Gasteiger partial charge in [0.25, 0.3) is 0 Å². The molecule has 2 aromatic heterocycles. The molecular formula is C12H15N3OS. The van der Waals surface area contributed by atoms with Gasteiger partial charge in [0.05, 0.1) is 12.0 Å². The van der Waals surface area contributed by atoms with E-state index in [9.17, 15) is 0 Å². The number of nitrogens with zero attached hydrogens (tertiary/aromatic N) is 1. The maximum absolute atomic E-state index is 5.33. The number of aromatic nitrogens is 1. The Balaban J connectivity index is 1.60. The first kappa shape index (κ1) is 11.0. The molecule has 0 aromatic carbocycles. The van der Waals surface area contributed by atoms with Gasteiger partial charge in [-0.3, -0.25) is 0 Å². The molecule has 17 heavy (non-hydrogen) atoms. The molecule has 4 nitrogen and oxygen atoms in total. The molecule has 0 bridgehead atoms. The summed E-state index contributed by atoms with van der Waals surface area (Å²) in [5.74, 6) is 0.851. The van der Waals surface area contributed by atoms with Gasteiger partial charge in [0, 0.05) is 24.5 Å². The molecule has 5 heteroatoms. The van der Waals surface area contributed by atoms with Gasteiger partial charge in [-0.1, -0.05) is 0 Å². The van der Waals surface area contributed by atoms with E-state index in [1.165, 1.54) is 6.42 Å². The SMILES string of the molecule is c1coc(-c2nc(CNC3CCNC3)cs2)c1. The molecule has 1 aliphatic heterocycles. The van der Waals surface area contributed by atoms with Crippen molar-refractivity contribution in [2.75, 3.05) is 13.1 Å². The maximum atomic E-state index is 5.33. The van der Waals surface area contributed by atoms with Crippen LogP contribution in [0.3, 0.4) is 0 Å². The summed E-state index contributed by atoms with van der Waals surface area (Å²) in [6, 6.07) is 4.42. The Kier molecular flexibility index (Phi) is 3.22. The first-order valence-electron chi connectivity index (χ1n) is 5.84. The summed E-state index contributed by atoms with van der Waals surface area (Å²) in [6.07, 6.45) is 2.88. The summed E-state index contributed by atoms with van der Waals surface area (Å²) < 4.78 is 5.33. The molecule has 3 heterocycles. The number of nitrogens with one attached hydrogen (secondary N) is 2. The minimum Gasteiger partial charge on any atom is -0.462 e. The van der Waals surface area contributed by atoms with Gasteiger partial charge in [0.2, 0.25) is 0 Å². The molecular weight excluding hydrogens is 234 g/mol. The third-order valence-electron chi connectivity index (χ3n) is 2.92. The van der Waals surface area contributed by atoms with Crippen molar-refractivity contribution in [2.45, 2.75) is 19.0 Å². The van der Waals surface area contributed by atoms with Gasteiger partial charge in [-0.25, -0.2) is 4.98 Å². The zero-order valence-corrected chi connectivity index (χ0v) is 10.3. The fourth-order valence-electron chi connectivity index (χ4n) is 1.98. The minimum absolute atomic E-state index is 0.587. The third kappa shape index (κ3) is 2.57. The molecule has 2 N–H and O–H groups in total. The Morgan fingerprint density at radius 3 is 3.35 bits per heavy atom. The van der Waals surface area contributed by atoms with E-state index in [-0.39, 0.29) is 0 Å². The summed E-state index contributed by atoms with van der Waals surface area (Å²) in [4.78, 5) is 4.56. The molecule has 0 saturated carbocycles. The molecule has 90 valence electrons. The van der Waals surface area contributed by atoms with Crippen LogP contribution in [0.2, 0.25) is 0 Å². The first-order chi connectivity index (χ1) is 8.42. The zero-order chi connectivity index (χ0) is 11.5. The largest absolute Gasteiger partial charge is 0.462 e. The lowest BCUT2D eigenvalue weighted by Crippen LogP contribution is -2.30. The van der Waals surface area contributed by atoms with Crippen LogP contribution in [0.5, 0.6) is 0 Å². The average molecular weight is 249 g/mol. The predicted molar refractivity (Wildman–Crippen MR) is 67.9 cm³/mol. The lowest BCUT2D eigenvalue weighted by molar-refractivity contribution is 0.542. The highest BCUT2D eigenvalue weighted by atomic mass is 32.1. The molecule has 0 aliphatic carbocycles. The van der Waals surface area contributed by atoms with Crippen molar-refractivity contribution in [2.24, 2.45) is 0 Å². The Morgan fingerprint density at radius 1 is 1.59 bits per heavy atom. The van der Waals surface area contributed by atoms with Crippen molar-refractivity contribution >= 4 is 11.3 Å². The van der Waals surface area contributed by atoms with Gasteiger partial charge in [-0.05, 0) is 25.1 Å². The molecule has 0 spiro atoms. The highest BCUT2D eigenvalue weighted by Crippen LogP contribution is 2.23. The summed E-state index contributed by atoms with van der Waals surface area (Å²) in [6.45, 7) is 3.02. The number of thiazole rings is 1. The number of rotatable bonds is 4. The summed E-state index contributed by atoms with van der Waals surface area (Å²) in [5.41, 5.74) is 1.09. The van der Waals surface area contributed by atoms with E-state index in [4.69, 9.17) is 4.42 Å². The van der Waals surface area contributed by atoms with Crippen LogP contribution in [0.15, 0.2) is 28.2 Å². The molecule has 1 atom stereocenters. The van der Waals surface area contributed by atoms with E-state index in [1.807, 2.05) is 12.1 Å². The van der Waals surface area contributed by atoms with E-state index in [0.717, 1.165) is 36.1 Å².